The Morgan fingerprint density at radius 3 is 2.62 bits per heavy atom. The lowest BCUT2D eigenvalue weighted by Gasteiger charge is -2.19. The molecule has 0 radical (unpaired) electrons. The molecule has 142 valence electrons. The molecule has 0 aliphatic carbocycles. The van der Waals surface area contributed by atoms with E-state index < -0.39 is 11.7 Å². The van der Waals surface area contributed by atoms with Gasteiger partial charge in [-0.1, -0.05) is 0 Å². The molecule has 0 spiro atoms. The molecule has 0 atom stereocenters. The first-order valence-electron chi connectivity index (χ1n) is 8.13. The lowest BCUT2D eigenvalue weighted by molar-refractivity contribution is 0.0635. The Bertz CT molecular complexity index is 773. The van der Waals surface area contributed by atoms with Crippen LogP contribution in [0.3, 0.4) is 0 Å². The Hall–Kier alpha value is -2.81. The van der Waals surface area contributed by atoms with E-state index in [-0.39, 0.29) is 6.73 Å². The van der Waals surface area contributed by atoms with E-state index in [1.165, 1.54) is 0 Å². The number of nitrogens with one attached hydrogen (secondary N) is 2. The van der Waals surface area contributed by atoms with Gasteiger partial charge in [0.15, 0.2) is 12.1 Å². The molecule has 2 aromatic heterocycles. The summed E-state index contributed by atoms with van der Waals surface area (Å²) in [7, 11) is 3.60. The van der Waals surface area contributed by atoms with E-state index in [1.54, 1.807) is 24.0 Å². The van der Waals surface area contributed by atoms with Crippen molar-refractivity contribution in [1.29, 1.82) is 0 Å². The zero-order chi connectivity index (χ0) is 19.3. The molecule has 2 N–H and O–H groups in total. The number of nitrogens with zero attached hydrogens (tertiary/aromatic N) is 3. The maximum atomic E-state index is 11.8. The van der Waals surface area contributed by atoms with E-state index in [4.69, 9.17) is 9.47 Å². The molecule has 2 heterocycles. The first-order chi connectivity index (χ1) is 12.2. The fraction of sp³-hybridized carbons (Fsp3) is 0.471. The van der Waals surface area contributed by atoms with Gasteiger partial charge in [-0.3, -0.25) is 10.1 Å². The lowest BCUT2D eigenvalue weighted by atomic mass is 10.2. The number of anilines is 2. The third-order valence-corrected chi connectivity index (χ3v) is 3.38. The van der Waals surface area contributed by atoms with E-state index >= 15 is 0 Å². The fourth-order valence-electron chi connectivity index (χ4n) is 2.20. The summed E-state index contributed by atoms with van der Waals surface area (Å²) >= 11 is 0. The van der Waals surface area contributed by atoms with Crippen LogP contribution < -0.4 is 10.6 Å². The molecule has 2 rings (SSSR count). The second-order valence-electron chi connectivity index (χ2n) is 6.84. The van der Waals surface area contributed by atoms with Gasteiger partial charge in [0.1, 0.15) is 18.1 Å². The van der Waals surface area contributed by atoms with Crippen LogP contribution in [0.4, 0.5) is 16.3 Å². The zero-order valence-corrected chi connectivity index (χ0v) is 15.7. The first kappa shape index (κ1) is 19.5. The number of aldehydes is 1. The van der Waals surface area contributed by atoms with Gasteiger partial charge in [0.05, 0.1) is 12.3 Å². The van der Waals surface area contributed by atoms with Crippen molar-refractivity contribution in [2.24, 2.45) is 14.1 Å². The molecule has 0 aliphatic heterocycles. The van der Waals surface area contributed by atoms with Crippen LogP contribution in [0.15, 0.2) is 18.5 Å². The summed E-state index contributed by atoms with van der Waals surface area (Å²) < 4.78 is 14.3. The van der Waals surface area contributed by atoms with Crippen LogP contribution in [0.25, 0.3) is 0 Å². The summed E-state index contributed by atoms with van der Waals surface area (Å²) in [5.41, 5.74) is 0.965. The monoisotopic (exact) mass is 363 g/mol. The highest BCUT2D eigenvalue weighted by Gasteiger charge is 2.17. The molecule has 2 aromatic rings. The predicted molar refractivity (Wildman–Crippen MR) is 97.1 cm³/mol. The number of amides is 1. The average Bonchev–Trinajstić information content (AvgIpc) is 3.04. The molecule has 9 nitrogen and oxygen atoms in total. The Labute approximate surface area is 152 Å². The summed E-state index contributed by atoms with van der Waals surface area (Å²) in [4.78, 5) is 26.7. The summed E-state index contributed by atoms with van der Waals surface area (Å²) in [6, 6.07) is 1.81. The van der Waals surface area contributed by atoms with Gasteiger partial charge >= 0.3 is 6.09 Å². The van der Waals surface area contributed by atoms with Crippen LogP contribution in [-0.4, -0.2) is 38.8 Å². The topological polar surface area (TPSA) is 99.4 Å². The normalized spacial score (nSPS) is 11.3. The van der Waals surface area contributed by atoms with Crippen molar-refractivity contribution in [3.8, 4) is 0 Å². The van der Waals surface area contributed by atoms with E-state index in [0.717, 1.165) is 5.69 Å². The molecular weight excluding hydrogens is 338 g/mol. The third-order valence-electron chi connectivity index (χ3n) is 3.38. The first-order valence-corrected chi connectivity index (χ1v) is 8.13. The Morgan fingerprint density at radius 1 is 1.27 bits per heavy atom. The van der Waals surface area contributed by atoms with Crippen molar-refractivity contribution >= 4 is 23.9 Å². The smallest absolute Gasteiger partial charge is 0.412 e. The van der Waals surface area contributed by atoms with Crippen LogP contribution in [0, 0.1) is 0 Å². The van der Waals surface area contributed by atoms with E-state index in [1.807, 2.05) is 38.5 Å². The Kier molecular flexibility index (Phi) is 6.04. The number of hydrogen-bond donors (Lipinski definition) is 2. The van der Waals surface area contributed by atoms with E-state index in [9.17, 15) is 9.59 Å². The highest BCUT2D eigenvalue weighted by molar-refractivity contribution is 5.84. The van der Waals surface area contributed by atoms with Gasteiger partial charge in [0.2, 0.25) is 0 Å². The van der Waals surface area contributed by atoms with Crippen molar-refractivity contribution in [3.63, 3.8) is 0 Å². The lowest BCUT2D eigenvalue weighted by Crippen LogP contribution is -2.27. The molecule has 0 aliphatic rings. The summed E-state index contributed by atoms with van der Waals surface area (Å²) in [5, 5.41) is 5.67. The minimum Gasteiger partial charge on any atom is -0.444 e. The minimum absolute atomic E-state index is 0.231. The minimum atomic E-state index is -0.550. The van der Waals surface area contributed by atoms with Crippen LogP contribution >= 0.6 is 0 Å². The van der Waals surface area contributed by atoms with Gasteiger partial charge in [0, 0.05) is 32.2 Å². The van der Waals surface area contributed by atoms with Crippen LogP contribution in [0.1, 0.15) is 37.1 Å². The van der Waals surface area contributed by atoms with Gasteiger partial charge in [-0.25, -0.2) is 9.78 Å². The maximum absolute atomic E-state index is 11.8. The molecular formula is C17H25N5O4. The number of aryl methyl sites for hydroxylation is 2. The molecule has 1 amide bonds. The molecule has 0 saturated carbocycles. The molecule has 0 fully saturated rings. The molecule has 0 unspecified atom stereocenters. The van der Waals surface area contributed by atoms with Crippen molar-refractivity contribution in [2.45, 2.75) is 33.0 Å². The van der Waals surface area contributed by atoms with Crippen LogP contribution in [-0.2, 0) is 30.2 Å². The number of rotatable bonds is 7. The second kappa shape index (κ2) is 8.05. The summed E-state index contributed by atoms with van der Waals surface area (Å²) in [5.74, 6) is 0.904. The maximum Gasteiger partial charge on any atom is 0.412 e. The number of ether oxygens (including phenoxy) is 2. The molecule has 0 aromatic carbocycles. The number of carbonyl (C=O) groups excluding carboxylic acids is 2. The zero-order valence-electron chi connectivity index (χ0n) is 15.7. The Balaban J connectivity index is 1.81. The summed E-state index contributed by atoms with van der Waals surface area (Å²) in [6.45, 7) is 6.00. The Morgan fingerprint density at radius 2 is 2.00 bits per heavy atom. The van der Waals surface area contributed by atoms with Gasteiger partial charge in [0.25, 0.3) is 0 Å². The van der Waals surface area contributed by atoms with Gasteiger partial charge in [-0.2, -0.15) is 0 Å². The predicted octanol–water partition coefficient (Wildman–Crippen LogP) is 2.50. The number of aromatic nitrogens is 3. The average molecular weight is 363 g/mol. The van der Waals surface area contributed by atoms with Crippen molar-refractivity contribution in [3.05, 3.63) is 30.0 Å². The number of hydrogen-bond acceptors (Lipinski definition) is 6. The van der Waals surface area contributed by atoms with Gasteiger partial charge in [-0.15, -0.1) is 0 Å². The van der Waals surface area contributed by atoms with E-state index in [2.05, 4.69) is 15.6 Å². The largest absolute Gasteiger partial charge is 0.444 e. The fourth-order valence-corrected chi connectivity index (χ4v) is 2.20. The summed E-state index contributed by atoms with van der Waals surface area (Å²) in [6.07, 6.45) is 3.68. The highest BCUT2D eigenvalue weighted by Crippen LogP contribution is 2.16. The quantitative estimate of drug-likeness (QED) is 0.445. The van der Waals surface area contributed by atoms with Crippen molar-refractivity contribution in [1.82, 2.24) is 14.1 Å². The molecule has 9 heteroatoms. The molecule has 0 saturated heterocycles. The van der Waals surface area contributed by atoms with Gasteiger partial charge in [-0.05, 0) is 26.8 Å². The van der Waals surface area contributed by atoms with Crippen molar-refractivity contribution < 1.29 is 19.1 Å². The highest BCUT2D eigenvalue weighted by atomic mass is 16.6. The SMILES string of the molecule is Cn1cc(NC(=O)OC(C)(C)C)cc1COCNc1cn(C)c(C=O)n1. The number of imidazole rings is 1. The van der Waals surface area contributed by atoms with E-state index in [0.29, 0.717) is 30.2 Å². The third kappa shape index (κ3) is 5.62. The second-order valence-corrected chi connectivity index (χ2v) is 6.84. The number of carbonyl (C=O) groups is 2. The molecule has 26 heavy (non-hydrogen) atoms. The van der Waals surface area contributed by atoms with Crippen molar-refractivity contribution in [2.75, 3.05) is 17.4 Å². The molecule has 0 bridgehead atoms. The van der Waals surface area contributed by atoms with Crippen LogP contribution in [0.5, 0.6) is 0 Å². The van der Waals surface area contributed by atoms with Crippen LogP contribution in [0.2, 0.25) is 0 Å². The standard InChI is InChI=1S/C17H25N5O4/c1-17(2,3)26-16(24)19-12-6-13(21(4)7-12)10-25-11-18-14-8-22(5)15(9-23)20-14/h6-9,18H,10-11H2,1-5H3,(H,19,24). The van der Waals surface area contributed by atoms with Gasteiger partial charge < -0.3 is 23.9 Å².